The monoisotopic (exact) mass is 325 g/mol. The molecule has 2 heterocycles. The van der Waals surface area contributed by atoms with Gasteiger partial charge >= 0.3 is 0 Å². The first-order chi connectivity index (χ1) is 10.4. The molecule has 0 radical (unpaired) electrons. The van der Waals surface area contributed by atoms with E-state index >= 15 is 0 Å². The Balaban J connectivity index is 1.63. The highest BCUT2D eigenvalue weighted by Gasteiger charge is 2.22. The smallest absolute Gasteiger partial charge is 0.209 e. The van der Waals surface area contributed by atoms with Crippen molar-refractivity contribution in [2.45, 2.75) is 56.0 Å². The summed E-state index contributed by atoms with van der Waals surface area (Å²) in [6.07, 6.45) is 6.00. The van der Waals surface area contributed by atoms with Crippen LogP contribution in [0.25, 0.3) is 0 Å². The second kappa shape index (κ2) is 7.17. The lowest BCUT2D eigenvalue weighted by atomic mass is 10.3. The Kier molecular flexibility index (Phi) is 5.02. The summed E-state index contributed by atoms with van der Waals surface area (Å²) in [6.45, 7) is 3.09. The van der Waals surface area contributed by atoms with E-state index in [-0.39, 0.29) is 0 Å². The molecule has 2 aromatic heterocycles. The molecule has 3 rings (SSSR count). The highest BCUT2D eigenvalue weighted by molar-refractivity contribution is 7.98. The SMILES string of the molecule is CCCNc1snnc1CSc1nnnn1C1CCCC1. The molecule has 1 fully saturated rings. The lowest BCUT2D eigenvalue weighted by Crippen LogP contribution is -2.08. The van der Waals surface area contributed by atoms with Gasteiger partial charge in [0.2, 0.25) is 5.16 Å². The van der Waals surface area contributed by atoms with Gasteiger partial charge in [0.15, 0.2) is 0 Å². The van der Waals surface area contributed by atoms with Crippen LogP contribution in [0, 0.1) is 0 Å². The summed E-state index contributed by atoms with van der Waals surface area (Å²) >= 11 is 3.05. The maximum atomic E-state index is 4.20. The minimum Gasteiger partial charge on any atom is -0.374 e. The van der Waals surface area contributed by atoms with E-state index in [0.29, 0.717) is 6.04 Å². The highest BCUT2D eigenvalue weighted by Crippen LogP contribution is 2.33. The first-order valence-electron chi connectivity index (χ1n) is 7.34. The second-order valence-corrected chi connectivity index (χ2v) is 6.81. The second-order valence-electron chi connectivity index (χ2n) is 5.11. The van der Waals surface area contributed by atoms with E-state index in [0.717, 1.165) is 34.6 Å². The third kappa shape index (κ3) is 3.52. The Labute approximate surface area is 132 Å². The molecule has 9 heteroatoms. The van der Waals surface area contributed by atoms with Gasteiger partial charge < -0.3 is 5.32 Å². The number of hydrogen-bond donors (Lipinski definition) is 1. The molecule has 114 valence electrons. The van der Waals surface area contributed by atoms with E-state index in [2.05, 4.69) is 37.4 Å². The maximum Gasteiger partial charge on any atom is 0.209 e. The largest absolute Gasteiger partial charge is 0.374 e. The molecule has 0 spiro atoms. The minimum atomic E-state index is 0.466. The molecule has 1 saturated carbocycles. The molecule has 0 atom stereocenters. The molecule has 0 aliphatic heterocycles. The van der Waals surface area contributed by atoms with Crippen LogP contribution >= 0.6 is 23.3 Å². The Bertz CT molecular complexity index is 561. The normalized spacial score (nSPS) is 15.7. The molecular formula is C12H19N7S2. The molecule has 0 bridgehead atoms. The summed E-state index contributed by atoms with van der Waals surface area (Å²) in [7, 11) is 0. The van der Waals surface area contributed by atoms with Crippen LogP contribution in [-0.2, 0) is 5.75 Å². The van der Waals surface area contributed by atoms with E-state index in [1.54, 1.807) is 11.8 Å². The van der Waals surface area contributed by atoms with Gasteiger partial charge in [0.05, 0.1) is 6.04 Å². The highest BCUT2D eigenvalue weighted by atomic mass is 32.2. The number of anilines is 1. The van der Waals surface area contributed by atoms with Gasteiger partial charge in [-0.25, -0.2) is 4.68 Å². The van der Waals surface area contributed by atoms with Crippen LogP contribution in [0.1, 0.15) is 50.8 Å². The van der Waals surface area contributed by atoms with Gasteiger partial charge in [-0.05, 0) is 29.7 Å². The van der Waals surface area contributed by atoms with Crippen LogP contribution < -0.4 is 5.32 Å². The van der Waals surface area contributed by atoms with Crippen molar-refractivity contribution in [3.8, 4) is 0 Å². The van der Waals surface area contributed by atoms with E-state index in [9.17, 15) is 0 Å². The quantitative estimate of drug-likeness (QED) is 0.784. The number of nitrogens with zero attached hydrogens (tertiary/aromatic N) is 6. The third-order valence-electron chi connectivity index (χ3n) is 3.56. The van der Waals surface area contributed by atoms with Crippen LogP contribution in [-0.4, -0.2) is 36.3 Å². The molecule has 1 aliphatic carbocycles. The summed E-state index contributed by atoms with van der Waals surface area (Å²) in [5.74, 6) is 0.746. The Morgan fingerprint density at radius 3 is 3.00 bits per heavy atom. The van der Waals surface area contributed by atoms with E-state index in [4.69, 9.17) is 0 Å². The topological polar surface area (TPSA) is 81.4 Å². The molecule has 2 aromatic rings. The van der Waals surface area contributed by atoms with Crippen molar-refractivity contribution in [3.63, 3.8) is 0 Å². The molecule has 21 heavy (non-hydrogen) atoms. The fraction of sp³-hybridized carbons (Fsp3) is 0.750. The van der Waals surface area contributed by atoms with Crippen molar-refractivity contribution >= 4 is 28.3 Å². The zero-order chi connectivity index (χ0) is 14.5. The van der Waals surface area contributed by atoms with Crippen molar-refractivity contribution in [3.05, 3.63) is 5.69 Å². The Morgan fingerprint density at radius 2 is 2.19 bits per heavy atom. The number of nitrogens with one attached hydrogen (secondary N) is 1. The van der Waals surface area contributed by atoms with Gasteiger partial charge in [0, 0.05) is 23.8 Å². The summed E-state index contributed by atoms with van der Waals surface area (Å²) in [4.78, 5) is 0. The maximum absolute atomic E-state index is 4.20. The lowest BCUT2D eigenvalue weighted by molar-refractivity contribution is 0.423. The number of thioether (sulfide) groups is 1. The standard InChI is InChI=1S/C12H19N7S2/c1-2-7-13-11-10(14-18-21-11)8-20-12-15-16-17-19(12)9-5-3-4-6-9/h9,13H,2-8H2,1H3. The van der Waals surface area contributed by atoms with Crippen LogP contribution in [0.2, 0.25) is 0 Å². The number of aromatic nitrogens is 6. The van der Waals surface area contributed by atoms with Gasteiger partial charge in [0.25, 0.3) is 0 Å². The van der Waals surface area contributed by atoms with Gasteiger partial charge in [-0.15, -0.1) is 10.2 Å². The Hall–Kier alpha value is -1.22. The van der Waals surface area contributed by atoms with Gasteiger partial charge in [0.1, 0.15) is 10.7 Å². The average molecular weight is 325 g/mol. The molecule has 7 nitrogen and oxygen atoms in total. The van der Waals surface area contributed by atoms with Gasteiger partial charge in [-0.3, -0.25) is 0 Å². The molecule has 0 amide bonds. The summed E-state index contributed by atoms with van der Waals surface area (Å²) < 4.78 is 6.01. The first-order valence-corrected chi connectivity index (χ1v) is 9.10. The van der Waals surface area contributed by atoms with E-state index in [1.165, 1.54) is 37.2 Å². The molecule has 0 saturated heterocycles. The van der Waals surface area contributed by atoms with Crippen LogP contribution in [0.4, 0.5) is 5.00 Å². The number of hydrogen-bond acceptors (Lipinski definition) is 8. The fourth-order valence-electron chi connectivity index (χ4n) is 2.47. The molecular weight excluding hydrogens is 306 g/mol. The molecule has 1 N–H and O–H groups in total. The van der Waals surface area contributed by atoms with Crippen molar-refractivity contribution < 1.29 is 0 Å². The van der Waals surface area contributed by atoms with Crippen LogP contribution in [0.5, 0.6) is 0 Å². The Morgan fingerprint density at radius 1 is 1.33 bits per heavy atom. The van der Waals surface area contributed by atoms with Crippen molar-refractivity contribution in [2.24, 2.45) is 0 Å². The van der Waals surface area contributed by atoms with Crippen molar-refractivity contribution in [1.29, 1.82) is 0 Å². The lowest BCUT2D eigenvalue weighted by Gasteiger charge is -2.10. The van der Waals surface area contributed by atoms with E-state index < -0.39 is 0 Å². The zero-order valence-corrected chi connectivity index (χ0v) is 13.7. The van der Waals surface area contributed by atoms with Crippen molar-refractivity contribution in [2.75, 3.05) is 11.9 Å². The number of tetrazole rings is 1. The third-order valence-corrected chi connectivity index (χ3v) is 5.23. The first kappa shape index (κ1) is 14.7. The summed E-state index contributed by atoms with van der Waals surface area (Å²) in [5, 5.41) is 21.7. The van der Waals surface area contributed by atoms with E-state index in [1.807, 2.05) is 4.68 Å². The van der Waals surface area contributed by atoms with Crippen LogP contribution in [0.15, 0.2) is 5.16 Å². The van der Waals surface area contributed by atoms with Crippen LogP contribution in [0.3, 0.4) is 0 Å². The summed E-state index contributed by atoms with van der Waals surface area (Å²) in [6, 6.07) is 0.466. The minimum absolute atomic E-state index is 0.466. The average Bonchev–Trinajstić information content (AvgIpc) is 3.22. The fourth-order valence-corrected chi connectivity index (χ4v) is 4.04. The van der Waals surface area contributed by atoms with Gasteiger partial charge in [-0.2, -0.15) is 0 Å². The van der Waals surface area contributed by atoms with Crippen molar-refractivity contribution in [1.82, 2.24) is 29.8 Å². The molecule has 1 aliphatic rings. The summed E-state index contributed by atoms with van der Waals surface area (Å²) in [5.41, 5.74) is 0.986. The van der Waals surface area contributed by atoms with Gasteiger partial charge in [-0.1, -0.05) is 36.0 Å². The molecule has 0 aromatic carbocycles. The predicted octanol–water partition coefficient (Wildman–Crippen LogP) is 2.75. The predicted molar refractivity (Wildman–Crippen MR) is 83.6 cm³/mol. The zero-order valence-electron chi connectivity index (χ0n) is 12.0. The number of rotatable bonds is 7. The molecule has 0 unspecified atom stereocenters.